The molecule has 1 aromatic carbocycles. The van der Waals surface area contributed by atoms with Crippen LogP contribution in [0.4, 0.5) is 0 Å². The van der Waals surface area contributed by atoms with Crippen LogP contribution in [0.2, 0.25) is 0 Å². The second kappa shape index (κ2) is 9.04. The minimum Gasteiger partial charge on any atom is -1.00 e. The average Bonchev–Trinajstić information content (AvgIpc) is 2.60. The summed E-state index contributed by atoms with van der Waals surface area (Å²) < 4.78 is 0. The predicted octanol–water partition coefficient (Wildman–Crippen LogP) is -2.83. The number of benzene rings is 1. The molecule has 4 heterocycles. The normalized spacial score (nSPS) is 29.4. The zero-order valence-corrected chi connectivity index (χ0v) is 19.4. The van der Waals surface area contributed by atoms with E-state index in [1.165, 1.54) is 6.42 Å². The number of hydrogen-bond acceptors (Lipinski definition) is 3. The number of aromatic nitrogens is 1. The Balaban J connectivity index is 0.00000104. The van der Waals surface area contributed by atoms with E-state index in [1.54, 1.807) is 0 Å². The molecule has 0 radical (unpaired) electrons. The van der Waals surface area contributed by atoms with Gasteiger partial charge in [0.25, 0.3) is 0 Å². The van der Waals surface area contributed by atoms with Crippen LogP contribution in [0.15, 0.2) is 49.2 Å². The minimum absolute atomic E-state index is 0. The number of hydrogen-bond donors (Lipinski definition) is 1. The molecular formula is C19H22IKN2O. The van der Waals surface area contributed by atoms with Gasteiger partial charge in [-0.1, -0.05) is 24.3 Å². The number of aliphatic hydroxyl groups excluding tert-OH is 1. The number of pyridine rings is 1. The number of para-hydroxylation sites is 1. The fourth-order valence-corrected chi connectivity index (χ4v) is 4.29. The van der Waals surface area contributed by atoms with Gasteiger partial charge in [0, 0.05) is 24.2 Å². The number of rotatable bonds is 3. The van der Waals surface area contributed by atoms with E-state index in [0.29, 0.717) is 11.8 Å². The smallest absolute Gasteiger partial charge is 1.00 e. The van der Waals surface area contributed by atoms with E-state index in [4.69, 9.17) is 0 Å². The van der Waals surface area contributed by atoms with Crippen molar-refractivity contribution >= 4 is 10.9 Å². The molecule has 0 spiro atoms. The number of fused-ring (bicyclic) bond motifs is 4. The second-order valence-electron chi connectivity index (χ2n) is 6.61. The Kier molecular flexibility index (Phi) is 7.89. The molecule has 1 unspecified atom stereocenters. The van der Waals surface area contributed by atoms with Crippen LogP contribution < -0.4 is 75.4 Å². The van der Waals surface area contributed by atoms with Gasteiger partial charge in [-0.2, -0.15) is 0 Å². The van der Waals surface area contributed by atoms with E-state index >= 15 is 0 Å². The fourth-order valence-electron chi connectivity index (χ4n) is 4.29. The first-order valence-corrected chi connectivity index (χ1v) is 8.16. The van der Waals surface area contributed by atoms with Gasteiger partial charge in [0.1, 0.15) is 0 Å². The van der Waals surface area contributed by atoms with Crippen molar-refractivity contribution in [2.24, 2.45) is 11.8 Å². The van der Waals surface area contributed by atoms with E-state index in [2.05, 4.69) is 28.6 Å². The molecule has 0 saturated carbocycles. The molecule has 3 saturated heterocycles. The van der Waals surface area contributed by atoms with Crippen LogP contribution in [-0.2, 0) is 0 Å². The molecule has 3 fully saturated rings. The maximum Gasteiger partial charge on any atom is 1.00 e. The van der Waals surface area contributed by atoms with E-state index < -0.39 is 6.10 Å². The average molecular weight is 460 g/mol. The first-order valence-electron chi connectivity index (χ1n) is 8.16. The van der Waals surface area contributed by atoms with Crippen molar-refractivity contribution < 1.29 is 80.5 Å². The number of halogens is 1. The Morgan fingerprint density at radius 3 is 2.79 bits per heavy atom. The van der Waals surface area contributed by atoms with Gasteiger partial charge in [0.2, 0.25) is 0 Å². The first-order chi connectivity index (χ1) is 10.8. The largest absolute Gasteiger partial charge is 1.00 e. The van der Waals surface area contributed by atoms with Crippen molar-refractivity contribution in [1.82, 2.24) is 9.88 Å². The van der Waals surface area contributed by atoms with Gasteiger partial charge in [0.15, 0.2) is 0 Å². The maximum absolute atomic E-state index is 11.0. The Bertz CT molecular complexity index is 705. The molecule has 24 heavy (non-hydrogen) atoms. The van der Waals surface area contributed by atoms with Crippen LogP contribution in [0.3, 0.4) is 0 Å². The zero-order chi connectivity index (χ0) is 15.1. The van der Waals surface area contributed by atoms with Crippen LogP contribution in [0, 0.1) is 11.8 Å². The zero-order valence-electron chi connectivity index (χ0n) is 14.1. The second-order valence-corrected chi connectivity index (χ2v) is 6.61. The quantitative estimate of drug-likeness (QED) is 0.305. The van der Waals surface area contributed by atoms with E-state index in [9.17, 15) is 5.11 Å². The van der Waals surface area contributed by atoms with Crippen LogP contribution in [0.1, 0.15) is 24.5 Å². The summed E-state index contributed by atoms with van der Waals surface area (Å²) in [4.78, 5) is 6.86. The molecule has 2 bridgehead atoms. The SMILES string of the molecule is C=C[C@H]1CN2CC[C@H]1C[C@@H]2[C@@H](O)c1ccnc2ccccc12.[I-].[K+]. The molecule has 5 heteroatoms. The summed E-state index contributed by atoms with van der Waals surface area (Å²) in [5.41, 5.74) is 1.97. The standard InChI is InChI=1S/C19H22N2O.HI.K/c1-2-13-12-21-10-8-14(13)11-18(21)19(22)16-7-9-20-17-6-4-3-5-15(16)17;;/h2-7,9,13-14,18-19,22H,1,8,10-12H2;1H;/q;;+1/p-1/t13-,14-,18+,19-;;/m0../s1. The third kappa shape index (κ3) is 3.83. The Morgan fingerprint density at radius 2 is 2.08 bits per heavy atom. The van der Waals surface area contributed by atoms with Crippen molar-refractivity contribution in [3.05, 3.63) is 54.7 Å². The van der Waals surface area contributed by atoms with Gasteiger partial charge in [-0.3, -0.25) is 9.88 Å². The molecule has 1 aromatic heterocycles. The number of piperidine rings is 3. The fraction of sp³-hybridized carbons (Fsp3) is 0.421. The molecule has 5 rings (SSSR count). The number of nitrogens with zero attached hydrogens (tertiary/aromatic N) is 2. The van der Waals surface area contributed by atoms with Crippen molar-refractivity contribution in [3.8, 4) is 0 Å². The maximum atomic E-state index is 11.0. The molecule has 5 atom stereocenters. The first kappa shape index (κ1) is 21.0. The topological polar surface area (TPSA) is 36.4 Å². The molecule has 3 nitrogen and oxygen atoms in total. The Labute approximate surface area is 203 Å². The van der Waals surface area contributed by atoms with Crippen molar-refractivity contribution in [1.29, 1.82) is 0 Å². The van der Waals surface area contributed by atoms with Crippen LogP contribution in [0.25, 0.3) is 10.9 Å². The molecule has 1 N–H and O–H groups in total. The van der Waals surface area contributed by atoms with Gasteiger partial charge in [-0.25, -0.2) is 0 Å². The number of aliphatic hydroxyl groups is 1. The van der Waals surface area contributed by atoms with Crippen molar-refractivity contribution in [2.75, 3.05) is 13.1 Å². The molecule has 0 amide bonds. The predicted molar refractivity (Wildman–Crippen MR) is 88.5 cm³/mol. The molecular weight excluding hydrogens is 438 g/mol. The summed E-state index contributed by atoms with van der Waals surface area (Å²) in [6.45, 7) is 6.11. The van der Waals surface area contributed by atoms with Gasteiger partial charge in [0.05, 0.1) is 11.6 Å². The van der Waals surface area contributed by atoms with Gasteiger partial charge in [-0.05, 0) is 48.9 Å². The minimum atomic E-state index is -0.443. The van der Waals surface area contributed by atoms with E-state index in [1.807, 2.05) is 30.5 Å². The molecule has 3 aliphatic rings. The van der Waals surface area contributed by atoms with Gasteiger partial charge in [-0.15, -0.1) is 6.58 Å². The van der Waals surface area contributed by atoms with Gasteiger partial charge >= 0.3 is 51.4 Å². The summed E-state index contributed by atoms with van der Waals surface area (Å²) in [7, 11) is 0. The van der Waals surface area contributed by atoms with Crippen molar-refractivity contribution in [3.63, 3.8) is 0 Å². The van der Waals surface area contributed by atoms with Crippen molar-refractivity contribution in [2.45, 2.75) is 25.0 Å². The molecule has 0 aliphatic carbocycles. The molecule has 3 aliphatic heterocycles. The Morgan fingerprint density at radius 1 is 1.29 bits per heavy atom. The van der Waals surface area contributed by atoms with Gasteiger partial charge < -0.3 is 29.1 Å². The van der Waals surface area contributed by atoms with Crippen LogP contribution in [0.5, 0.6) is 0 Å². The summed E-state index contributed by atoms with van der Waals surface area (Å²) in [5.74, 6) is 1.27. The van der Waals surface area contributed by atoms with Crippen LogP contribution in [-0.4, -0.2) is 34.1 Å². The monoisotopic (exact) mass is 460 g/mol. The molecule has 2 aromatic rings. The van der Waals surface area contributed by atoms with E-state index in [-0.39, 0.29) is 81.4 Å². The van der Waals surface area contributed by atoms with E-state index in [0.717, 1.165) is 36.0 Å². The summed E-state index contributed by atoms with van der Waals surface area (Å²) in [6, 6.07) is 10.3. The molecule has 122 valence electrons. The Hall–Kier alpha value is 0.656. The third-order valence-electron chi connectivity index (χ3n) is 5.52. The summed E-state index contributed by atoms with van der Waals surface area (Å²) >= 11 is 0. The van der Waals surface area contributed by atoms with Crippen LogP contribution >= 0.6 is 0 Å². The third-order valence-corrected chi connectivity index (χ3v) is 5.52. The summed E-state index contributed by atoms with van der Waals surface area (Å²) in [5, 5.41) is 12.1. The summed E-state index contributed by atoms with van der Waals surface area (Å²) in [6.07, 6.45) is 5.76.